The van der Waals surface area contributed by atoms with Gasteiger partial charge in [0.05, 0.1) is 25.1 Å². The average Bonchev–Trinajstić information content (AvgIpc) is 3.32. The van der Waals surface area contributed by atoms with Crippen molar-refractivity contribution in [3.05, 3.63) is 55.0 Å². The number of aryl methyl sites for hydroxylation is 1. The van der Waals surface area contributed by atoms with Crippen molar-refractivity contribution in [1.29, 1.82) is 0 Å². The molecular formula is C20H18N2O7S. The minimum atomic E-state index is -0.631. The van der Waals surface area contributed by atoms with E-state index in [1.54, 1.807) is 32.0 Å². The number of nitrogens with zero attached hydrogens (tertiary/aromatic N) is 2. The number of benzene rings is 1. The highest BCUT2D eigenvalue weighted by Gasteiger charge is 2.24. The molecule has 30 heavy (non-hydrogen) atoms. The molecule has 10 heteroatoms. The number of carbonyl (C=O) groups is 2. The molecule has 3 aromatic rings. The van der Waals surface area contributed by atoms with E-state index in [4.69, 9.17) is 14.2 Å². The lowest BCUT2D eigenvalue weighted by Gasteiger charge is -2.11. The SMILES string of the molecule is CCOC(=O)c1sc2c(c1C)c(=O)n(CC=O)c(=O)n2Cc1ccc2c(c1)OCO2. The fraction of sp³-hybridized carbons (Fsp3) is 0.300. The van der Waals surface area contributed by atoms with Crippen LogP contribution in [0.4, 0.5) is 0 Å². The second kappa shape index (κ2) is 7.79. The molecule has 3 heterocycles. The minimum Gasteiger partial charge on any atom is -0.462 e. The standard InChI is InChI=1S/C20H18N2O7S/c1-3-27-19(25)16-11(2)15-17(24)21(6-7-23)20(26)22(18(15)30-16)9-12-4-5-13-14(8-12)29-10-28-13/h4-5,7-8H,3,6,9-10H2,1-2H3. The molecule has 1 aromatic carbocycles. The summed E-state index contributed by atoms with van der Waals surface area (Å²) in [5.74, 6) is 0.617. The predicted octanol–water partition coefficient (Wildman–Crippen LogP) is 1.69. The van der Waals surface area contributed by atoms with E-state index in [1.807, 2.05) is 0 Å². The van der Waals surface area contributed by atoms with Gasteiger partial charge in [-0.3, -0.25) is 13.9 Å². The first-order valence-corrected chi connectivity index (χ1v) is 10.0. The largest absolute Gasteiger partial charge is 0.462 e. The lowest BCUT2D eigenvalue weighted by molar-refractivity contribution is -0.108. The molecule has 156 valence electrons. The van der Waals surface area contributed by atoms with E-state index in [1.165, 1.54) is 4.57 Å². The van der Waals surface area contributed by atoms with Crippen LogP contribution >= 0.6 is 11.3 Å². The van der Waals surface area contributed by atoms with Crippen LogP contribution in [0.15, 0.2) is 27.8 Å². The van der Waals surface area contributed by atoms with Crippen LogP contribution in [0.2, 0.25) is 0 Å². The van der Waals surface area contributed by atoms with Crippen molar-refractivity contribution in [3.8, 4) is 11.5 Å². The van der Waals surface area contributed by atoms with Gasteiger partial charge in [0.2, 0.25) is 6.79 Å². The van der Waals surface area contributed by atoms with E-state index < -0.39 is 17.2 Å². The Balaban J connectivity index is 1.94. The number of esters is 1. The zero-order valence-electron chi connectivity index (χ0n) is 16.3. The van der Waals surface area contributed by atoms with Crippen molar-refractivity contribution in [3.63, 3.8) is 0 Å². The van der Waals surface area contributed by atoms with Crippen molar-refractivity contribution >= 4 is 33.8 Å². The van der Waals surface area contributed by atoms with Crippen LogP contribution < -0.4 is 20.7 Å². The lowest BCUT2D eigenvalue weighted by atomic mass is 10.2. The van der Waals surface area contributed by atoms with Gasteiger partial charge in [0.15, 0.2) is 11.5 Å². The molecular weight excluding hydrogens is 412 g/mol. The molecule has 0 spiro atoms. The summed E-state index contributed by atoms with van der Waals surface area (Å²) in [7, 11) is 0. The maximum absolute atomic E-state index is 13.0. The highest BCUT2D eigenvalue weighted by molar-refractivity contribution is 7.20. The monoisotopic (exact) mass is 430 g/mol. The molecule has 0 aliphatic carbocycles. The Morgan fingerprint density at radius 3 is 2.73 bits per heavy atom. The molecule has 0 bridgehead atoms. The molecule has 2 aromatic heterocycles. The third kappa shape index (κ3) is 3.18. The number of aromatic nitrogens is 2. The van der Waals surface area contributed by atoms with Gasteiger partial charge in [0, 0.05) is 0 Å². The van der Waals surface area contributed by atoms with Gasteiger partial charge in [-0.2, -0.15) is 0 Å². The van der Waals surface area contributed by atoms with Gasteiger partial charge in [-0.25, -0.2) is 9.59 Å². The highest BCUT2D eigenvalue weighted by Crippen LogP contribution is 2.33. The number of carbonyl (C=O) groups excluding carboxylic acids is 2. The molecule has 0 saturated heterocycles. The fourth-order valence-corrected chi connectivity index (χ4v) is 4.57. The van der Waals surface area contributed by atoms with Crippen LogP contribution in [-0.2, 0) is 22.6 Å². The van der Waals surface area contributed by atoms with E-state index in [9.17, 15) is 19.2 Å². The van der Waals surface area contributed by atoms with E-state index in [2.05, 4.69) is 0 Å². The Kier molecular flexibility index (Phi) is 5.17. The number of aldehydes is 1. The van der Waals surface area contributed by atoms with Crippen LogP contribution in [0.1, 0.15) is 27.7 Å². The van der Waals surface area contributed by atoms with Crippen molar-refractivity contribution in [2.45, 2.75) is 26.9 Å². The molecule has 0 unspecified atom stereocenters. The van der Waals surface area contributed by atoms with Gasteiger partial charge in [0.25, 0.3) is 5.56 Å². The van der Waals surface area contributed by atoms with Crippen molar-refractivity contribution in [2.75, 3.05) is 13.4 Å². The summed E-state index contributed by atoms with van der Waals surface area (Å²) in [4.78, 5) is 50.0. The molecule has 0 radical (unpaired) electrons. The summed E-state index contributed by atoms with van der Waals surface area (Å²) in [5, 5.41) is 0.227. The number of ether oxygens (including phenoxy) is 3. The average molecular weight is 430 g/mol. The lowest BCUT2D eigenvalue weighted by Crippen LogP contribution is -2.40. The van der Waals surface area contributed by atoms with Gasteiger partial charge in [0.1, 0.15) is 16.0 Å². The van der Waals surface area contributed by atoms with Gasteiger partial charge in [-0.05, 0) is 37.1 Å². The zero-order valence-corrected chi connectivity index (χ0v) is 17.1. The topological polar surface area (TPSA) is 106 Å². The second-order valence-corrected chi connectivity index (χ2v) is 7.59. The first-order chi connectivity index (χ1) is 14.5. The van der Waals surface area contributed by atoms with E-state index in [0.29, 0.717) is 28.2 Å². The maximum Gasteiger partial charge on any atom is 0.348 e. The van der Waals surface area contributed by atoms with Crippen LogP contribution in [-0.4, -0.2) is 34.8 Å². The first-order valence-electron chi connectivity index (χ1n) is 9.22. The Morgan fingerprint density at radius 2 is 2.00 bits per heavy atom. The maximum atomic E-state index is 13.0. The quantitative estimate of drug-likeness (QED) is 0.433. The molecule has 9 nitrogen and oxygen atoms in total. The molecule has 0 saturated carbocycles. The highest BCUT2D eigenvalue weighted by atomic mass is 32.1. The van der Waals surface area contributed by atoms with Crippen molar-refractivity contribution < 1.29 is 23.8 Å². The number of thiophene rings is 1. The second-order valence-electron chi connectivity index (χ2n) is 6.60. The predicted molar refractivity (Wildman–Crippen MR) is 109 cm³/mol. The van der Waals surface area contributed by atoms with Crippen molar-refractivity contribution in [1.82, 2.24) is 9.13 Å². The molecule has 0 fully saturated rings. The Labute approximate surface area is 174 Å². The van der Waals surface area contributed by atoms with Crippen LogP contribution in [0.25, 0.3) is 10.2 Å². The molecule has 1 aliphatic rings. The number of fused-ring (bicyclic) bond motifs is 2. The smallest absolute Gasteiger partial charge is 0.348 e. The minimum absolute atomic E-state index is 0.118. The van der Waals surface area contributed by atoms with E-state index in [0.717, 1.165) is 21.5 Å². The number of hydrogen-bond donors (Lipinski definition) is 0. The van der Waals surface area contributed by atoms with Gasteiger partial charge in [-0.15, -0.1) is 11.3 Å². The van der Waals surface area contributed by atoms with E-state index in [-0.39, 0.29) is 36.8 Å². The molecule has 1 aliphatic heterocycles. The van der Waals surface area contributed by atoms with Gasteiger partial charge >= 0.3 is 11.7 Å². The fourth-order valence-electron chi connectivity index (χ4n) is 3.38. The normalized spacial score (nSPS) is 12.3. The number of rotatable bonds is 6. The summed E-state index contributed by atoms with van der Waals surface area (Å²) < 4.78 is 18.0. The third-order valence-corrected chi connectivity index (χ3v) is 6.08. The summed E-state index contributed by atoms with van der Waals surface area (Å²) in [5.41, 5.74) is -0.0671. The Morgan fingerprint density at radius 1 is 1.23 bits per heavy atom. The van der Waals surface area contributed by atoms with Crippen molar-refractivity contribution in [2.24, 2.45) is 0 Å². The van der Waals surface area contributed by atoms with E-state index >= 15 is 0 Å². The molecule has 0 amide bonds. The van der Waals surface area contributed by atoms with Gasteiger partial charge in [-0.1, -0.05) is 6.07 Å². The van der Waals surface area contributed by atoms with Crippen LogP contribution in [0.3, 0.4) is 0 Å². The Bertz CT molecular complexity index is 1290. The summed E-state index contributed by atoms with van der Waals surface area (Å²) in [6.45, 7) is 3.37. The summed E-state index contributed by atoms with van der Waals surface area (Å²) in [6, 6.07) is 5.28. The molecule has 0 atom stereocenters. The first kappa shape index (κ1) is 19.9. The van der Waals surface area contributed by atoms with Gasteiger partial charge < -0.3 is 19.0 Å². The van der Waals surface area contributed by atoms with Crippen LogP contribution in [0.5, 0.6) is 11.5 Å². The zero-order chi connectivity index (χ0) is 21.4. The number of hydrogen-bond acceptors (Lipinski definition) is 8. The van der Waals surface area contributed by atoms with Crippen LogP contribution in [0, 0.1) is 6.92 Å². The Hall–Kier alpha value is -3.40. The summed E-state index contributed by atoms with van der Waals surface area (Å²) in [6.07, 6.45) is 0.494. The molecule has 0 N–H and O–H groups in total. The molecule has 4 rings (SSSR count). The summed E-state index contributed by atoms with van der Waals surface area (Å²) >= 11 is 1.03. The third-order valence-electron chi connectivity index (χ3n) is 4.79.